The van der Waals surface area contributed by atoms with Gasteiger partial charge < -0.3 is 5.11 Å². The van der Waals surface area contributed by atoms with Crippen molar-refractivity contribution in [1.82, 2.24) is 0 Å². The van der Waals surface area contributed by atoms with Gasteiger partial charge in [-0.05, 0) is 36.5 Å². The number of fused-ring (bicyclic) bond motifs is 1. The minimum Gasteiger partial charge on any atom is -0.481 e. The molecular weight excluding hydrogens is 228 g/mol. The molecule has 3 nitrogen and oxygen atoms in total. The summed E-state index contributed by atoms with van der Waals surface area (Å²) in [5.41, 5.74) is 2.36. The zero-order valence-electron chi connectivity index (χ0n) is 10.8. The Bertz CT molecular complexity index is 500. The molecule has 2 rings (SSSR count). The van der Waals surface area contributed by atoms with Crippen LogP contribution >= 0.6 is 0 Å². The average Bonchev–Trinajstić information content (AvgIpc) is 2.72. The van der Waals surface area contributed by atoms with Crippen LogP contribution in [0.1, 0.15) is 48.2 Å². The first kappa shape index (κ1) is 12.8. The molecule has 0 atom stereocenters. The van der Waals surface area contributed by atoms with Crippen molar-refractivity contribution in [3.8, 4) is 0 Å². The molecule has 3 heteroatoms. The number of hydrogen-bond acceptors (Lipinski definition) is 2. The van der Waals surface area contributed by atoms with Gasteiger partial charge in [0.2, 0.25) is 0 Å². The Labute approximate surface area is 107 Å². The fourth-order valence-corrected chi connectivity index (χ4v) is 2.56. The lowest BCUT2D eigenvalue weighted by molar-refractivity contribution is -0.138. The minimum atomic E-state index is -0.936. The third-order valence-electron chi connectivity index (χ3n) is 3.57. The summed E-state index contributed by atoms with van der Waals surface area (Å²) < 4.78 is 0. The van der Waals surface area contributed by atoms with Crippen molar-refractivity contribution in [2.24, 2.45) is 5.41 Å². The summed E-state index contributed by atoms with van der Waals surface area (Å²) in [6, 6.07) is 5.77. The van der Waals surface area contributed by atoms with Crippen LogP contribution in [-0.4, -0.2) is 16.9 Å². The molecule has 0 unspecified atom stereocenters. The van der Waals surface area contributed by atoms with Gasteiger partial charge in [-0.3, -0.25) is 9.59 Å². The largest absolute Gasteiger partial charge is 0.481 e. The third-order valence-corrected chi connectivity index (χ3v) is 3.57. The van der Waals surface area contributed by atoms with Crippen molar-refractivity contribution >= 4 is 11.8 Å². The Kier molecular flexibility index (Phi) is 3.24. The smallest absolute Gasteiger partial charge is 0.304 e. The number of aliphatic carboxylic acids is 1. The van der Waals surface area contributed by atoms with E-state index >= 15 is 0 Å². The lowest BCUT2D eigenvalue weighted by Gasteiger charge is -2.21. The molecule has 0 bridgehead atoms. The molecule has 96 valence electrons. The number of carboxylic acid groups (broad SMARTS) is 1. The van der Waals surface area contributed by atoms with Crippen LogP contribution in [0.25, 0.3) is 0 Å². The summed E-state index contributed by atoms with van der Waals surface area (Å²) in [6.45, 7) is 3.38. The fraction of sp³-hybridized carbons (Fsp3) is 0.467. The molecule has 0 spiro atoms. The van der Waals surface area contributed by atoms with E-state index in [-0.39, 0.29) is 12.2 Å². The van der Waals surface area contributed by atoms with Crippen LogP contribution in [0.3, 0.4) is 0 Å². The standard InChI is InChI=1S/C15H18O3/c1-15(2,9-13(16)17)14(18)12-7-6-10-4-3-5-11(10)8-12/h6-8H,3-5,9H2,1-2H3,(H,16,17). The van der Waals surface area contributed by atoms with E-state index in [1.807, 2.05) is 18.2 Å². The highest BCUT2D eigenvalue weighted by molar-refractivity contribution is 6.01. The molecule has 0 fully saturated rings. The van der Waals surface area contributed by atoms with E-state index in [4.69, 9.17) is 5.11 Å². The number of benzene rings is 1. The Balaban J connectivity index is 2.26. The SMILES string of the molecule is CC(C)(CC(=O)O)C(=O)c1ccc2c(c1)CCC2. The van der Waals surface area contributed by atoms with Crippen LogP contribution in [0.5, 0.6) is 0 Å². The second-order valence-electron chi connectivity index (χ2n) is 5.62. The van der Waals surface area contributed by atoms with Crippen LogP contribution in [0.15, 0.2) is 18.2 Å². The van der Waals surface area contributed by atoms with Gasteiger partial charge in [0.25, 0.3) is 0 Å². The predicted octanol–water partition coefficient (Wildman–Crippen LogP) is 2.86. The lowest BCUT2D eigenvalue weighted by atomic mass is 9.81. The third kappa shape index (κ3) is 2.45. The number of aryl methyl sites for hydroxylation is 2. The van der Waals surface area contributed by atoms with Crippen molar-refractivity contribution in [2.75, 3.05) is 0 Å². The predicted molar refractivity (Wildman–Crippen MR) is 68.8 cm³/mol. The van der Waals surface area contributed by atoms with E-state index < -0.39 is 11.4 Å². The second-order valence-corrected chi connectivity index (χ2v) is 5.62. The second kappa shape index (κ2) is 4.56. The molecule has 0 radical (unpaired) electrons. The maximum atomic E-state index is 12.3. The van der Waals surface area contributed by atoms with Crippen molar-refractivity contribution < 1.29 is 14.7 Å². The summed E-state index contributed by atoms with van der Waals surface area (Å²) >= 11 is 0. The molecular formula is C15H18O3. The van der Waals surface area contributed by atoms with Crippen LogP contribution in [0, 0.1) is 5.41 Å². The van der Waals surface area contributed by atoms with E-state index in [1.54, 1.807) is 13.8 Å². The van der Waals surface area contributed by atoms with E-state index in [0.717, 1.165) is 19.3 Å². The first-order valence-corrected chi connectivity index (χ1v) is 6.28. The number of Topliss-reactive ketones (excluding diaryl/α,β-unsaturated/α-hetero) is 1. The fourth-order valence-electron chi connectivity index (χ4n) is 2.56. The average molecular weight is 246 g/mol. The molecule has 0 heterocycles. The van der Waals surface area contributed by atoms with Gasteiger partial charge in [-0.15, -0.1) is 0 Å². The number of ketones is 1. The van der Waals surface area contributed by atoms with Gasteiger partial charge in [0, 0.05) is 11.0 Å². The molecule has 1 N–H and O–H groups in total. The molecule has 0 saturated carbocycles. The normalized spacial score (nSPS) is 14.3. The number of carboxylic acids is 1. The van der Waals surface area contributed by atoms with Gasteiger partial charge in [-0.2, -0.15) is 0 Å². The van der Waals surface area contributed by atoms with Gasteiger partial charge >= 0.3 is 5.97 Å². The summed E-state index contributed by atoms with van der Waals surface area (Å²) in [7, 11) is 0. The summed E-state index contributed by atoms with van der Waals surface area (Å²) in [5, 5.41) is 8.85. The molecule has 1 aliphatic carbocycles. The van der Waals surface area contributed by atoms with Gasteiger partial charge in [-0.25, -0.2) is 0 Å². The topological polar surface area (TPSA) is 54.4 Å². The monoisotopic (exact) mass is 246 g/mol. The first-order chi connectivity index (χ1) is 8.40. The summed E-state index contributed by atoms with van der Waals surface area (Å²) in [4.78, 5) is 23.1. The summed E-state index contributed by atoms with van der Waals surface area (Å²) in [6.07, 6.45) is 3.12. The van der Waals surface area contributed by atoms with Gasteiger partial charge in [0.15, 0.2) is 5.78 Å². The van der Waals surface area contributed by atoms with Gasteiger partial charge in [0.05, 0.1) is 6.42 Å². The van der Waals surface area contributed by atoms with E-state index in [1.165, 1.54) is 11.1 Å². The highest BCUT2D eigenvalue weighted by Gasteiger charge is 2.31. The highest BCUT2D eigenvalue weighted by Crippen LogP contribution is 2.29. The van der Waals surface area contributed by atoms with Crippen LogP contribution in [0.2, 0.25) is 0 Å². The van der Waals surface area contributed by atoms with Crippen LogP contribution in [-0.2, 0) is 17.6 Å². The van der Waals surface area contributed by atoms with Crippen molar-refractivity contribution in [3.63, 3.8) is 0 Å². The molecule has 1 aromatic carbocycles. The Morgan fingerprint density at radius 2 is 1.89 bits per heavy atom. The van der Waals surface area contributed by atoms with Crippen molar-refractivity contribution in [2.45, 2.75) is 39.5 Å². The minimum absolute atomic E-state index is 0.0837. The van der Waals surface area contributed by atoms with Gasteiger partial charge in [-0.1, -0.05) is 26.0 Å². The van der Waals surface area contributed by atoms with E-state index in [0.29, 0.717) is 5.56 Å². The quantitative estimate of drug-likeness (QED) is 0.831. The summed E-state index contributed by atoms with van der Waals surface area (Å²) in [5.74, 6) is -1.02. The lowest BCUT2D eigenvalue weighted by Crippen LogP contribution is -2.27. The van der Waals surface area contributed by atoms with E-state index in [2.05, 4.69) is 0 Å². The number of carbonyl (C=O) groups is 2. The van der Waals surface area contributed by atoms with E-state index in [9.17, 15) is 9.59 Å². The van der Waals surface area contributed by atoms with Crippen LogP contribution < -0.4 is 0 Å². The molecule has 1 aliphatic rings. The van der Waals surface area contributed by atoms with Gasteiger partial charge in [0.1, 0.15) is 0 Å². The highest BCUT2D eigenvalue weighted by atomic mass is 16.4. The van der Waals surface area contributed by atoms with Crippen molar-refractivity contribution in [1.29, 1.82) is 0 Å². The molecule has 18 heavy (non-hydrogen) atoms. The number of carbonyl (C=O) groups excluding carboxylic acids is 1. The van der Waals surface area contributed by atoms with Crippen molar-refractivity contribution in [3.05, 3.63) is 34.9 Å². The van der Waals surface area contributed by atoms with Crippen LogP contribution in [0.4, 0.5) is 0 Å². The molecule has 0 aromatic heterocycles. The number of hydrogen-bond donors (Lipinski definition) is 1. The maximum Gasteiger partial charge on any atom is 0.304 e. The molecule has 0 aliphatic heterocycles. The molecule has 0 amide bonds. The molecule has 0 saturated heterocycles. The zero-order chi connectivity index (χ0) is 13.3. The Morgan fingerprint density at radius 3 is 2.56 bits per heavy atom. The first-order valence-electron chi connectivity index (χ1n) is 6.28. The Hall–Kier alpha value is -1.64. The zero-order valence-corrected chi connectivity index (χ0v) is 10.8. The molecule has 1 aromatic rings. The Morgan fingerprint density at radius 1 is 1.22 bits per heavy atom. The maximum absolute atomic E-state index is 12.3. The number of rotatable bonds is 4.